The summed E-state index contributed by atoms with van der Waals surface area (Å²) in [7, 11) is -3.63. The summed E-state index contributed by atoms with van der Waals surface area (Å²) in [5.74, 6) is -0.771. The van der Waals surface area contributed by atoms with Crippen LogP contribution in [-0.4, -0.2) is 58.2 Å². The third-order valence-electron chi connectivity index (χ3n) is 4.24. The summed E-state index contributed by atoms with van der Waals surface area (Å²) < 4.78 is 29.4. The van der Waals surface area contributed by atoms with Crippen molar-refractivity contribution in [1.82, 2.24) is 15.4 Å². The molecule has 0 saturated heterocycles. The van der Waals surface area contributed by atoms with E-state index in [4.69, 9.17) is 4.74 Å². The molecular weight excluding hydrogens is 401 g/mol. The monoisotopic (exact) mass is 429 g/mol. The maximum Gasteiger partial charge on any atom is 1.00 e. The molecule has 1 aliphatic rings. The van der Waals surface area contributed by atoms with E-state index in [0.717, 1.165) is 19.1 Å². The van der Waals surface area contributed by atoms with Crippen molar-refractivity contribution in [2.75, 3.05) is 19.4 Å². The van der Waals surface area contributed by atoms with Crippen LogP contribution < -0.4 is 66.7 Å². The fourth-order valence-electron chi connectivity index (χ4n) is 2.86. The average molecular weight is 430 g/mol. The minimum absolute atomic E-state index is 0. The molecule has 3 amide bonds. The van der Waals surface area contributed by atoms with E-state index in [9.17, 15) is 22.8 Å². The van der Waals surface area contributed by atoms with E-state index in [2.05, 4.69) is 10.6 Å². The molecular formula is C16H28KN3O6S. The van der Waals surface area contributed by atoms with Gasteiger partial charge in [-0.1, -0.05) is 19.3 Å². The van der Waals surface area contributed by atoms with Gasteiger partial charge in [0.05, 0.1) is 12.4 Å². The van der Waals surface area contributed by atoms with Gasteiger partial charge >= 0.3 is 51.4 Å². The molecule has 0 heterocycles. The summed E-state index contributed by atoms with van der Waals surface area (Å²) in [4.78, 5) is 34.3. The molecule has 1 aliphatic carbocycles. The Hall–Kier alpha value is -0.0436. The largest absolute Gasteiger partial charge is 1.00 e. The SMILES string of the molecule is CC(OCC1CCCCC1)C(N[C-]=O)C(=O)NCCC(=O)NS(C)(=O)=O.[K+]. The second-order valence-electron chi connectivity index (χ2n) is 6.60. The van der Waals surface area contributed by atoms with Crippen molar-refractivity contribution < 1.29 is 78.9 Å². The number of carbonyl (C=O) groups excluding carboxylic acids is 3. The molecule has 0 aromatic carbocycles. The van der Waals surface area contributed by atoms with E-state index in [-0.39, 0.29) is 64.4 Å². The van der Waals surface area contributed by atoms with Crippen LogP contribution in [0.4, 0.5) is 0 Å². The van der Waals surface area contributed by atoms with E-state index in [1.807, 2.05) is 0 Å². The van der Waals surface area contributed by atoms with Crippen molar-refractivity contribution in [3.05, 3.63) is 0 Å². The van der Waals surface area contributed by atoms with Gasteiger partial charge < -0.3 is 20.2 Å². The summed E-state index contributed by atoms with van der Waals surface area (Å²) in [6.07, 6.45) is 7.43. The van der Waals surface area contributed by atoms with Crippen LogP contribution in [0.5, 0.6) is 0 Å². The van der Waals surface area contributed by atoms with Gasteiger partial charge in [0.15, 0.2) is 0 Å². The van der Waals surface area contributed by atoms with Crippen molar-refractivity contribution in [2.24, 2.45) is 5.92 Å². The second-order valence-corrected chi connectivity index (χ2v) is 8.35. The predicted molar refractivity (Wildman–Crippen MR) is 95.2 cm³/mol. The summed E-state index contributed by atoms with van der Waals surface area (Å²) in [5.41, 5.74) is 0. The number of hydrogen-bond donors (Lipinski definition) is 3. The molecule has 3 N–H and O–H groups in total. The van der Waals surface area contributed by atoms with Crippen LogP contribution in [0.15, 0.2) is 0 Å². The van der Waals surface area contributed by atoms with Crippen LogP contribution in [0.2, 0.25) is 0 Å². The molecule has 150 valence electrons. The first-order valence-electron chi connectivity index (χ1n) is 8.75. The van der Waals surface area contributed by atoms with Crippen LogP contribution in [0.25, 0.3) is 0 Å². The molecule has 0 aliphatic heterocycles. The van der Waals surface area contributed by atoms with E-state index in [0.29, 0.717) is 12.5 Å². The number of sulfonamides is 1. The number of hydrogen-bond acceptors (Lipinski definition) is 6. The van der Waals surface area contributed by atoms with Gasteiger partial charge in [0.25, 0.3) is 0 Å². The summed E-state index contributed by atoms with van der Waals surface area (Å²) >= 11 is 0. The van der Waals surface area contributed by atoms with Crippen LogP contribution in [-0.2, 0) is 29.1 Å². The van der Waals surface area contributed by atoms with Crippen LogP contribution in [0.1, 0.15) is 45.4 Å². The van der Waals surface area contributed by atoms with Crippen LogP contribution in [0.3, 0.4) is 0 Å². The molecule has 9 nitrogen and oxygen atoms in total. The number of rotatable bonds is 11. The standard InChI is InChI=1S/C16H28N3O6S.K/c1-12(25-10-13-6-4-3-5-7-13)15(18-11-20)16(22)17-9-8-14(21)19-26(2,23)24;/h12-13,15H,3-10H2,1-2H3,(H,17,22)(H,18,20)(H,19,21);/q-1;+1. The molecule has 0 bridgehead atoms. The molecule has 0 radical (unpaired) electrons. The Morgan fingerprint density at radius 2 is 1.85 bits per heavy atom. The van der Waals surface area contributed by atoms with E-state index < -0.39 is 34.0 Å². The minimum Gasteiger partial charge on any atom is -0.520 e. The van der Waals surface area contributed by atoms with E-state index in [1.165, 1.54) is 25.7 Å². The molecule has 2 unspecified atom stereocenters. The molecule has 11 heteroatoms. The summed E-state index contributed by atoms with van der Waals surface area (Å²) in [6.45, 7) is 2.16. The van der Waals surface area contributed by atoms with Gasteiger partial charge in [-0.3, -0.25) is 14.3 Å². The van der Waals surface area contributed by atoms with Gasteiger partial charge in [-0.2, -0.15) is 6.41 Å². The van der Waals surface area contributed by atoms with Gasteiger partial charge in [0, 0.05) is 19.6 Å². The van der Waals surface area contributed by atoms with Crippen molar-refractivity contribution in [1.29, 1.82) is 0 Å². The Morgan fingerprint density at radius 1 is 1.22 bits per heavy atom. The van der Waals surface area contributed by atoms with E-state index >= 15 is 0 Å². The Kier molecular flexibility index (Phi) is 14.0. The molecule has 27 heavy (non-hydrogen) atoms. The van der Waals surface area contributed by atoms with Gasteiger partial charge in [-0.05, 0) is 25.7 Å². The number of carbonyl (C=O) groups is 2. The first kappa shape index (κ1) is 27.0. The zero-order chi connectivity index (χ0) is 19.6. The third kappa shape index (κ3) is 12.2. The van der Waals surface area contributed by atoms with Crippen molar-refractivity contribution in [3.8, 4) is 0 Å². The Labute approximate surface area is 203 Å². The van der Waals surface area contributed by atoms with E-state index in [1.54, 1.807) is 11.6 Å². The molecule has 0 spiro atoms. The molecule has 0 aromatic rings. The van der Waals surface area contributed by atoms with Gasteiger partial charge in [0.2, 0.25) is 21.8 Å². The maximum atomic E-state index is 12.2. The first-order valence-corrected chi connectivity index (χ1v) is 10.6. The fourth-order valence-corrected chi connectivity index (χ4v) is 3.38. The van der Waals surface area contributed by atoms with Crippen LogP contribution in [0, 0.1) is 5.92 Å². The average Bonchev–Trinajstić information content (AvgIpc) is 2.56. The molecule has 0 aromatic heterocycles. The second kappa shape index (κ2) is 14.0. The van der Waals surface area contributed by atoms with Gasteiger partial charge in [-0.15, -0.1) is 0 Å². The summed E-state index contributed by atoms with van der Waals surface area (Å²) in [5, 5.41) is 4.79. The van der Waals surface area contributed by atoms with Crippen molar-refractivity contribution in [2.45, 2.75) is 57.6 Å². The number of ether oxygens (including phenoxy) is 1. The number of amides is 3. The Bertz CT molecular complexity index is 581. The zero-order valence-electron chi connectivity index (χ0n) is 16.2. The third-order valence-corrected chi connectivity index (χ3v) is 4.83. The minimum atomic E-state index is -3.63. The molecule has 1 fully saturated rings. The summed E-state index contributed by atoms with van der Waals surface area (Å²) in [6, 6.07) is -0.936. The quantitative estimate of drug-likeness (QED) is 0.178. The smallest absolute Gasteiger partial charge is 0.520 e. The fraction of sp³-hybridized carbons (Fsp3) is 0.812. The molecule has 1 saturated carbocycles. The van der Waals surface area contributed by atoms with Crippen molar-refractivity contribution in [3.63, 3.8) is 0 Å². The van der Waals surface area contributed by atoms with Gasteiger partial charge in [-0.25, -0.2) is 8.42 Å². The topological polar surface area (TPSA) is 131 Å². The predicted octanol–water partition coefficient (Wildman–Crippen LogP) is -3.42. The first-order chi connectivity index (χ1) is 12.2. The van der Waals surface area contributed by atoms with Crippen LogP contribution >= 0.6 is 0 Å². The maximum absolute atomic E-state index is 12.2. The molecule has 2 atom stereocenters. The molecule has 1 rings (SSSR count). The van der Waals surface area contributed by atoms with Crippen molar-refractivity contribution >= 4 is 28.2 Å². The van der Waals surface area contributed by atoms with Gasteiger partial charge in [0.1, 0.15) is 6.04 Å². The Morgan fingerprint density at radius 3 is 2.41 bits per heavy atom. The normalized spacial score (nSPS) is 17.1. The zero-order valence-corrected chi connectivity index (χ0v) is 20.2. The number of nitrogens with one attached hydrogen (secondary N) is 3. The Balaban J connectivity index is 0.00000676.